The molecule has 0 aromatic carbocycles. The molecule has 0 spiro atoms. The van der Waals surface area contributed by atoms with E-state index in [0.717, 1.165) is 25.1 Å². The van der Waals surface area contributed by atoms with Crippen molar-refractivity contribution in [3.63, 3.8) is 0 Å². The lowest BCUT2D eigenvalue weighted by molar-refractivity contribution is 0.504. The third kappa shape index (κ3) is 2.48. The fraction of sp³-hybridized carbons (Fsp3) is 0.500. The van der Waals surface area contributed by atoms with Crippen molar-refractivity contribution in [1.82, 2.24) is 15.1 Å². The smallest absolute Gasteiger partial charge is 0.108 e. The molecule has 0 radical (unpaired) electrons. The quantitative estimate of drug-likeness (QED) is 0.853. The van der Waals surface area contributed by atoms with Gasteiger partial charge in [-0.05, 0) is 19.5 Å². The Morgan fingerprint density at radius 1 is 1.44 bits per heavy atom. The average Bonchev–Trinajstić information content (AvgIpc) is 3.00. The van der Waals surface area contributed by atoms with Crippen LogP contribution in [-0.2, 0) is 13.0 Å². The predicted octanol–water partition coefficient (Wildman–Crippen LogP) is 2.76. The largest absolute Gasteiger partial charge is 0.469 e. The molecule has 2 rings (SSSR count). The predicted molar refractivity (Wildman–Crippen MR) is 71.5 cm³/mol. The first-order valence-electron chi connectivity index (χ1n) is 6.56. The zero-order chi connectivity index (χ0) is 13.0. The summed E-state index contributed by atoms with van der Waals surface area (Å²) in [5, 5.41) is 7.72. The molecule has 0 fully saturated rings. The Hall–Kier alpha value is -1.55. The van der Waals surface area contributed by atoms with E-state index in [-0.39, 0.29) is 6.04 Å². The van der Waals surface area contributed by atoms with Gasteiger partial charge in [0.05, 0.1) is 18.5 Å². The molecular weight excluding hydrogens is 226 g/mol. The maximum absolute atomic E-state index is 5.51. The van der Waals surface area contributed by atoms with Gasteiger partial charge in [0.25, 0.3) is 0 Å². The summed E-state index contributed by atoms with van der Waals surface area (Å²) >= 11 is 0. The van der Waals surface area contributed by atoms with E-state index >= 15 is 0 Å². The van der Waals surface area contributed by atoms with Crippen LogP contribution in [0.1, 0.15) is 43.2 Å². The molecule has 1 unspecified atom stereocenters. The molecule has 0 bridgehead atoms. The summed E-state index contributed by atoms with van der Waals surface area (Å²) in [7, 11) is 1.97. The lowest BCUT2D eigenvalue weighted by Gasteiger charge is -2.14. The van der Waals surface area contributed by atoms with Crippen molar-refractivity contribution < 1.29 is 4.42 Å². The molecule has 4 heteroatoms. The second-order valence-corrected chi connectivity index (χ2v) is 4.41. The molecule has 2 heterocycles. The molecule has 4 nitrogen and oxygen atoms in total. The highest BCUT2D eigenvalue weighted by Gasteiger charge is 2.18. The first-order chi connectivity index (χ1) is 8.80. The van der Waals surface area contributed by atoms with Gasteiger partial charge in [-0.25, -0.2) is 0 Å². The normalized spacial score (nSPS) is 12.8. The van der Waals surface area contributed by atoms with Crippen molar-refractivity contribution in [3.8, 4) is 0 Å². The van der Waals surface area contributed by atoms with E-state index in [9.17, 15) is 0 Å². The second kappa shape index (κ2) is 5.87. The van der Waals surface area contributed by atoms with Crippen LogP contribution in [0.25, 0.3) is 0 Å². The fourth-order valence-corrected chi connectivity index (χ4v) is 2.28. The summed E-state index contributed by atoms with van der Waals surface area (Å²) in [4.78, 5) is 0. The molecule has 1 atom stereocenters. The van der Waals surface area contributed by atoms with Gasteiger partial charge in [-0.3, -0.25) is 4.68 Å². The van der Waals surface area contributed by atoms with E-state index < -0.39 is 0 Å². The molecule has 98 valence electrons. The molecule has 0 saturated carbocycles. The Kier molecular flexibility index (Phi) is 4.20. The Balaban J connectivity index is 2.27. The minimum absolute atomic E-state index is 0.157. The van der Waals surface area contributed by atoms with Gasteiger partial charge < -0.3 is 9.73 Å². The monoisotopic (exact) mass is 247 g/mol. The molecule has 1 N–H and O–H groups in total. The second-order valence-electron chi connectivity index (χ2n) is 4.41. The van der Waals surface area contributed by atoms with Crippen LogP contribution in [0.4, 0.5) is 0 Å². The Bertz CT molecular complexity index is 487. The van der Waals surface area contributed by atoms with Crippen molar-refractivity contribution in [2.75, 3.05) is 7.05 Å². The van der Waals surface area contributed by atoms with Crippen LogP contribution < -0.4 is 5.32 Å². The van der Waals surface area contributed by atoms with Crippen molar-refractivity contribution in [1.29, 1.82) is 0 Å². The van der Waals surface area contributed by atoms with Gasteiger partial charge in [0.1, 0.15) is 5.76 Å². The summed E-state index contributed by atoms with van der Waals surface area (Å²) in [6, 6.07) is 2.20. The molecule has 0 aliphatic carbocycles. The van der Waals surface area contributed by atoms with E-state index in [4.69, 9.17) is 4.42 Å². The van der Waals surface area contributed by atoms with Gasteiger partial charge in [-0.2, -0.15) is 5.10 Å². The van der Waals surface area contributed by atoms with Gasteiger partial charge in [-0.15, -0.1) is 0 Å². The van der Waals surface area contributed by atoms with Gasteiger partial charge in [-0.1, -0.05) is 13.8 Å². The number of aromatic nitrogens is 2. The van der Waals surface area contributed by atoms with Crippen LogP contribution in [0, 0.1) is 0 Å². The van der Waals surface area contributed by atoms with Gasteiger partial charge in [0, 0.05) is 30.3 Å². The number of nitrogens with one attached hydrogen (secondary N) is 1. The Morgan fingerprint density at radius 2 is 2.28 bits per heavy atom. The molecule has 2 aromatic heterocycles. The number of nitrogens with zero attached hydrogens (tertiary/aromatic N) is 2. The van der Waals surface area contributed by atoms with Crippen LogP contribution in [0.5, 0.6) is 0 Å². The van der Waals surface area contributed by atoms with Gasteiger partial charge in [0.15, 0.2) is 0 Å². The molecule has 0 aliphatic heterocycles. The number of aryl methyl sites for hydroxylation is 2. The van der Waals surface area contributed by atoms with Gasteiger partial charge >= 0.3 is 0 Å². The van der Waals surface area contributed by atoms with Crippen molar-refractivity contribution >= 4 is 0 Å². The van der Waals surface area contributed by atoms with Crippen LogP contribution in [0.3, 0.4) is 0 Å². The topological polar surface area (TPSA) is 43.0 Å². The number of hydrogen-bond acceptors (Lipinski definition) is 3. The van der Waals surface area contributed by atoms with Crippen LogP contribution >= 0.6 is 0 Å². The molecule has 18 heavy (non-hydrogen) atoms. The highest BCUT2D eigenvalue weighted by Crippen LogP contribution is 2.25. The van der Waals surface area contributed by atoms with Gasteiger partial charge in [0.2, 0.25) is 0 Å². The summed E-state index contributed by atoms with van der Waals surface area (Å²) in [6.45, 7) is 5.22. The average molecular weight is 247 g/mol. The SMILES string of the molecule is CCCn1cc(C(NC)c2ccoc2CC)cn1. The molecule has 0 aliphatic rings. The zero-order valence-electron chi connectivity index (χ0n) is 11.3. The number of furan rings is 1. The summed E-state index contributed by atoms with van der Waals surface area (Å²) < 4.78 is 7.50. The number of rotatable bonds is 6. The van der Waals surface area contributed by atoms with Crippen molar-refractivity contribution in [2.45, 2.75) is 39.3 Å². The van der Waals surface area contributed by atoms with Crippen LogP contribution in [-0.4, -0.2) is 16.8 Å². The first kappa shape index (κ1) is 12.9. The molecule has 0 amide bonds. The minimum Gasteiger partial charge on any atom is -0.469 e. The van der Waals surface area contributed by atoms with E-state index in [1.165, 1.54) is 11.1 Å². The molecular formula is C14H21N3O. The zero-order valence-corrected chi connectivity index (χ0v) is 11.3. The summed E-state index contributed by atoms with van der Waals surface area (Å²) in [5.74, 6) is 1.04. The summed E-state index contributed by atoms with van der Waals surface area (Å²) in [5.41, 5.74) is 2.39. The standard InChI is InChI=1S/C14H21N3O/c1-4-7-17-10-11(9-16-17)14(15-3)12-6-8-18-13(12)5-2/h6,8-10,14-15H,4-5,7H2,1-3H3. The molecule has 2 aromatic rings. The third-order valence-corrected chi connectivity index (χ3v) is 3.14. The maximum atomic E-state index is 5.51. The lowest BCUT2D eigenvalue weighted by atomic mass is 10.0. The van der Waals surface area contributed by atoms with Crippen LogP contribution in [0.2, 0.25) is 0 Å². The van der Waals surface area contributed by atoms with E-state index in [1.807, 2.05) is 24.0 Å². The van der Waals surface area contributed by atoms with E-state index in [1.54, 1.807) is 6.26 Å². The van der Waals surface area contributed by atoms with Crippen LogP contribution in [0.15, 0.2) is 29.1 Å². The lowest BCUT2D eigenvalue weighted by Crippen LogP contribution is -2.17. The first-order valence-corrected chi connectivity index (χ1v) is 6.56. The highest BCUT2D eigenvalue weighted by atomic mass is 16.3. The fourth-order valence-electron chi connectivity index (χ4n) is 2.28. The van der Waals surface area contributed by atoms with E-state index in [0.29, 0.717) is 0 Å². The molecule has 0 saturated heterocycles. The number of hydrogen-bond donors (Lipinski definition) is 1. The van der Waals surface area contributed by atoms with E-state index in [2.05, 4.69) is 30.5 Å². The van der Waals surface area contributed by atoms with Crippen molar-refractivity contribution in [3.05, 3.63) is 41.6 Å². The Labute approximate surface area is 108 Å². The minimum atomic E-state index is 0.157. The maximum Gasteiger partial charge on any atom is 0.108 e. The highest BCUT2D eigenvalue weighted by molar-refractivity contribution is 5.31. The third-order valence-electron chi connectivity index (χ3n) is 3.14. The Morgan fingerprint density at radius 3 is 2.94 bits per heavy atom. The summed E-state index contributed by atoms with van der Waals surface area (Å²) in [6.07, 6.45) is 7.80. The van der Waals surface area contributed by atoms with Crippen molar-refractivity contribution in [2.24, 2.45) is 0 Å².